The lowest BCUT2D eigenvalue weighted by Crippen LogP contribution is -2.19. The predicted molar refractivity (Wildman–Crippen MR) is 146 cm³/mol. The van der Waals surface area contributed by atoms with E-state index in [1.54, 1.807) is 34.6 Å². The number of hydrogen-bond donors (Lipinski definition) is 1. The second kappa shape index (κ2) is 14.4. The molecule has 2 N–H and O–H groups in total. The van der Waals surface area contributed by atoms with Gasteiger partial charge in [0.2, 0.25) is 5.50 Å². The van der Waals surface area contributed by atoms with Gasteiger partial charge in [0.25, 0.3) is 0 Å². The van der Waals surface area contributed by atoms with Gasteiger partial charge in [-0.05, 0) is 49.5 Å². The molecule has 0 atom stereocenters. The van der Waals surface area contributed by atoms with E-state index in [1.807, 2.05) is 0 Å². The average Bonchev–Trinajstić information content (AvgIpc) is 3.46. The lowest BCUT2D eigenvalue weighted by Gasteiger charge is -2.16. The minimum Gasteiger partial charge on any atom is -0.458 e. The van der Waals surface area contributed by atoms with Gasteiger partial charge in [-0.1, -0.05) is 32.1 Å². The minimum atomic E-state index is -4.02. The van der Waals surface area contributed by atoms with Gasteiger partial charge in [0.1, 0.15) is 10.6 Å². The smallest absolute Gasteiger partial charge is 0.396 e. The first-order chi connectivity index (χ1) is 17.4. The van der Waals surface area contributed by atoms with Crippen molar-refractivity contribution in [3.8, 4) is 11.5 Å². The highest BCUT2D eigenvalue weighted by molar-refractivity contribution is 8.13. The van der Waals surface area contributed by atoms with E-state index < -0.39 is 23.6 Å². The number of nitrogen functional groups attached to an aromatic ring is 1. The predicted octanol–water partition coefficient (Wildman–Crippen LogP) is 5.85. The van der Waals surface area contributed by atoms with Crippen molar-refractivity contribution >= 4 is 69.5 Å². The van der Waals surface area contributed by atoms with Crippen molar-refractivity contribution in [1.29, 1.82) is 0 Å². The minimum absolute atomic E-state index is 0.112. The zero-order valence-corrected chi connectivity index (χ0v) is 24.6. The molecule has 0 saturated carbocycles. The Morgan fingerprint density at radius 1 is 1.03 bits per heavy atom. The molecule has 0 aliphatic rings. The summed E-state index contributed by atoms with van der Waals surface area (Å²) in [5, 5.41) is -0.779. The standard InChI is InChI=1S/C22H31N2O9PS3/c1-6-29-20(26)35-12-10-31-34(28,32-11-13-36-21(27)30-7-2)15-9-8-14(33-15)16-17(37-19(23)24-16)18(25)22(3,4)5/h8-9H,6-7,10-13H2,1-5H3,(H2,23,24). The van der Waals surface area contributed by atoms with Crippen LogP contribution in [0, 0.1) is 5.41 Å². The number of aromatic nitrogens is 1. The van der Waals surface area contributed by atoms with Crippen LogP contribution in [0.1, 0.15) is 44.3 Å². The third-order valence-corrected chi connectivity index (χ3v) is 8.44. The Morgan fingerprint density at radius 3 is 2.05 bits per heavy atom. The summed E-state index contributed by atoms with van der Waals surface area (Å²) in [5.41, 5.74) is 5.30. The van der Waals surface area contributed by atoms with Crippen LogP contribution in [0.5, 0.6) is 0 Å². The van der Waals surface area contributed by atoms with E-state index in [0.29, 0.717) is 4.88 Å². The van der Waals surface area contributed by atoms with E-state index >= 15 is 0 Å². The normalized spacial score (nSPS) is 11.9. The largest absolute Gasteiger partial charge is 0.458 e. The highest BCUT2D eigenvalue weighted by Gasteiger charge is 2.34. The topological polar surface area (TPSA) is 157 Å². The molecule has 11 nitrogen and oxygen atoms in total. The summed E-state index contributed by atoms with van der Waals surface area (Å²) in [6.07, 6.45) is 0. The fourth-order valence-electron chi connectivity index (χ4n) is 2.65. The van der Waals surface area contributed by atoms with Gasteiger partial charge in [0.15, 0.2) is 16.7 Å². The van der Waals surface area contributed by atoms with Crippen LogP contribution < -0.4 is 11.2 Å². The van der Waals surface area contributed by atoms with Gasteiger partial charge in [0, 0.05) is 16.9 Å². The van der Waals surface area contributed by atoms with Gasteiger partial charge < -0.3 is 28.7 Å². The maximum Gasteiger partial charge on any atom is 0.396 e. The van der Waals surface area contributed by atoms with Crippen molar-refractivity contribution in [3.05, 3.63) is 17.0 Å². The Labute approximate surface area is 228 Å². The first kappa shape index (κ1) is 31.4. The number of thioether (sulfide) groups is 2. The monoisotopic (exact) mass is 594 g/mol. The number of Topliss-reactive ketones (excluding diaryl/α,β-unsaturated/α-hetero) is 1. The molecule has 2 heterocycles. The summed E-state index contributed by atoms with van der Waals surface area (Å²) in [6, 6.07) is 2.91. The Kier molecular flexibility index (Phi) is 12.2. The molecule has 2 aromatic rings. The third-order valence-electron chi connectivity index (χ3n) is 4.28. The van der Waals surface area contributed by atoms with Crippen molar-refractivity contribution in [1.82, 2.24) is 4.98 Å². The van der Waals surface area contributed by atoms with Crippen molar-refractivity contribution in [2.24, 2.45) is 5.41 Å². The molecular weight excluding hydrogens is 563 g/mol. The molecule has 0 aromatic carbocycles. The molecule has 0 spiro atoms. The van der Waals surface area contributed by atoms with Crippen LogP contribution in [0.4, 0.5) is 14.7 Å². The van der Waals surface area contributed by atoms with Crippen molar-refractivity contribution in [3.63, 3.8) is 0 Å². The number of carbonyl (C=O) groups is 3. The van der Waals surface area contributed by atoms with Crippen LogP contribution in [0.3, 0.4) is 0 Å². The Hall–Kier alpha value is -1.83. The Bertz CT molecular complexity index is 1100. The molecule has 206 valence electrons. The molecule has 0 radical (unpaired) electrons. The number of furan rings is 1. The van der Waals surface area contributed by atoms with E-state index in [1.165, 1.54) is 12.1 Å². The number of nitrogens with two attached hydrogens (primary N) is 1. The van der Waals surface area contributed by atoms with Crippen molar-refractivity contribution in [2.45, 2.75) is 34.6 Å². The molecule has 2 rings (SSSR count). The summed E-state index contributed by atoms with van der Waals surface area (Å²) in [4.78, 5) is 40.6. The van der Waals surface area contributed by atoms with Gasteiger partial charge in [-0.25, -0.2) is 14.6 Å². The maximum atomic E-state index is 13.7. The van der Waals surface area contributed by atoms with Crippen LogP contribution in [0.2, 0.25) is 0 Å². The van der Waals surface area contributed by atoms with Crippen LogP contribution in [0.15, 0.2) is 16.5 Å². The van der Waals surface area contributed by atoms with E-state index in [-0.39, 0.29) is 65.8 Å². The van der Waals surface area contributed by atoms with Crippen LogP contribution in [0.25, 0.3) is 11.5 Å². The quantitative estimate of drug-likeness (QED) is 0.128. The molecule has 0 amide bonds. The molecule has 0 aliphatic carbocycles. The van der Waals surface area contributed by atoms with Gasteiger partial charge >= 0.3 is 18.2 Å². The molecule has 0 aliphatic heterocycles. The molecule has 0 saturated heterocycles. The molecule has 0 unspecified atom stereocenters. The zero-order valence-electron chi connectivity index (χ0n) is 21.3. The third kappa shape index (κ3) is 9.45. The SMILES string of the molecule is CCOC(=O)SCCOP(=O)(OCCSC(=O)OCC)c1ccc(-c2nc(N)sc2C(=O)C(C)(C)C)o1. The molecule has 2 aromatic heterocycles. The fraction of sp³-hybridized carbons (Fsp3) is 0.545. The molecule has 37 heavy (non-hydrogen) atoms. The molecule has 0 bridgehead atoms. The van der Waals surface area contributed by atoms with Gasteiger partial charge in [-0.2, -0.15) is 0 Å². The van der Waals surface area contributed by atoms with Crippen LogP contribution in [-0.4, -0.2) is 59.3 Å². The molecule has 15 heteroatoms. The Morgan fingerprint density at radius 2 is 1.57 bits per heavy atom. The van der Waals surface area contributed by atoms with E-state index in [4.69, 9.17) is 28.7 Å². The number of anilines is 1. The number of ether oxygens (including phenoxy) is 2. The summed E-state index contributed by atoms with van der Waals surface area (Å²) >= 11 is 2.78. The summed E-state index contributed by atoms with van der Waals surface area (Å²) in [6.45, 7) is 8.97. The first-order valence-corrected chi connectivity index (χ1v) is 15.6. The maximum absolute atomic E-state index is 13.7. The number of carbonyl (C=O) groups excluding carboxylic acids is 3. The number of rotatable bonds is 13. The number of nitrogens with zero attached hydrogens (tertiary/aromatic N) is 1. The van der Waals surface area contributed by atoms with Crippen molar-refractivity contribution in [2.75, 3.05) is 43.7 Å². The van der Waals surface area contributed by atoms with Crippen molar-refractivity contribution < 1.29 is 41.9 Å². The van der Waals surface area contributed by atoms with Crippen LogP contribution in [-0.2, 0) is 23.1 Å². The second-order valence-electron chi connectivity index (χ2n) is 8.17. The Balaban J connectivity index is 2.23. The fourth-order valence-corrected chi connectivity index (χ4v) is 6.41. The number of ketones is 1. The lowest BCUT2D eigenvalue weighted by atomic mass is 9.89. The van der Waals surface area contributed by atoms with Gasteiger partial charge in [-0.15, -0.1) is 0 Å². The molecular formula is C22H31N2O9PS3. The van der Waals surface area contributed by atoms with Gasteiger partial charge in [-0.3, -0.25) is 9.36 Å². The molecule has 0 fully saturated rings. The lowest BCUT2D eigenvalue weighted by molar-refractivity contribution is 0.0863. The highest BCUT2D eigenvalue weighted by atomic mass is 32.2. The zero-order chi connectivity index (χ0) is 27.6. The van der Waals surface area contributed by atoms with E-state index in [0.717, 1.165) is 34.9 Å². The average molecular weight is 595 g/mol. The highest BCUT2D eigenvalue weighted by Crippen LogP contribution is 2.48. The summed E-state index contributed by atoms with van der Waals surface area (Å²) < 4.78 is 40.3. The summed E-state index contributed by atoms with van der Waals surface area (Å²) in [5.74, 6) is 0.316. The summed E-state index contributed by atoms with van der Waals surface area (Å²) in [7, 11) is -4.02. The van der Waals surface area contributed by atoms with Gasteiger partial charge in [0.05, 0.1) is 26.4 Å². The van der Waals surface area contributed by atoms with E-state index in [9.17, 15) is 18.9 Å². The number of thiazole rings is 1. The second-order valence-corrected chi connectivity index (χ2v) is 13.2. The first-order valence-electron chi connectivity index (χ1n) is 11.3. The number of hydrogen-bond acceptors (Lipinski definition) is 14. The van der Waals surface area contributed by atoms with E-state index in [2.05, 4.69) is 4.98 Å². The van der Waals surface area contributed by atoms with Crippen LogP contribution >= 0.6 is 42.5 Å².